The molecule has 1 N–H and O–H groups in total. The molecule has 0 atom stereocenters. The first-order chi connectivity index (χ1) is 12.0. The number of benzene rings is 1. The summed E-state index contributed by atoms with van der Waals surface area (Å²) in [5, 5.41) is 2.93. The van der Waals surface area contributed by atoms with Crippen LogP contribution in [-0.4, -0.2) is 40.6 Å². The van der Waals surface area contributed by atoms with E-state index < -0.39 is 0 Å². The maximum atomic E-state index is 12.7. The lowest BCUT2D eigenvalue weighted by Crippen LogP contribution is -2.25. The Balaban J connectivity index is 1.76. The van der Waals surface area contributed by atoms with Gasteiger partial charge in [0.1, 0.15) is 5.69 Å². The molecular formula is C19H26N4O2. The number of imidazole rings is 1. The molecule has 1 aromatic carbocycles. The molecule has 134 valence electrons. The van der Waals surface area contributed by atoms with Crippen LogP contribution in [0, 0.1) is 0 Å². The molecule has 1 aromatic heterocycles. The number of likely N-dealkylation sites (N-methyl/N-ethyl adjacent to an activating group) is 1. The lowest BCUT2D eigenvalue weighted by Gasteiger charge is -2.14. The topological polar surface area (TPSA) is 59.3 Å². The number of carbonyl (C=O) groups excluding carboxylic acids is 1. The van der Waals surface area contributed by atoms with Crippen LogP contribution in [0.4, 0.5) is 5.69 Å². The lowest BCUT2D eigenvalue weighted by atomic mass is 10.1. The van der Waals surface area contributed by atoms with Crippen LogP contribution < -0.4 is 11.0 Å². The molecule has 1 aliphatic rings. The van der Waals surface area contributed by atoms with Crippen molar-refractivity contribution < 1.29 is 4.79 Å². The standard InChI is InChI=1S/C19H26N4O2/c1-21(2)13-11-14-7-9-15(10-8-14)20-18(24)17-16-6-4-5-12-23(16)19(25)22(17)3/h7-10H,4-6,11-13H2,1-3H3,(H,20,24). The summed E-state index contributed by atoms with van der Waals surface area (Å²) >= 11 is 0. The smallest absolute Gasteiger partial charge is 0.321 e. The summed E-state index contributed by atoms with van der Waals surface area (Å²) in [6.07, 6.45) is 3.77. The summed E-state index contributed by atoms with van der Waals surface area (Å²) in [6, 6.07) is 7.91. The number of hydrogen-bond acceptors (Lipinski definition) is 3. The van der Waals surface area contributed by atoms with Crippen LogP contribution in [0.3, 0.4) is 0 Å². The highest BCUT2D eigenvalue weighted by atomic mass is 16.2. The van der Waals surface area contributed by atoms with Crippen LogP contribution >= 0.6 is 0 Å². The van der Waals surface area contributed by atoms with Crippen LogP contribution in [0.5, 0.6) is 0 Å². The third-order valence-corrected chi connectivity index (χ3v) is 4.77. The molecule has 6 heteroatoms. The zero-order valence-electron chi connectivity index (χ0n) is 15.2. The Morgan fingerprint density at radius 2 is 1.92 bits per heavy atom. The maximum absolute atomic E-state index is 12.7. The molecule has 1 amide bonds. The lowest BCUT2D eigenvalue weighted by molar-refractivity contribution is 0.101. The summed E-state index contributed by atoms with van der Waals surface area (Å²) in [6.45, 7) is 1.69. The van der Waals surface area contributed by atoms with Crippen LogP contribution in [-0.2, 0) is 26.4 Å². The molecule has 25 heavy (non-hydrogen) atoms. The molecule has 0 aliphatic carbocycles. The number of anilines is 1. The van der Waals surface area contributed by atoms with Gasteiger partial charge in [0, 0.05) is 25.8 Å². The highest BCUT2D eigenvalue weighted by Crippen LogP contribution is 2.19. The van der Waals surface area contributed by atoms with E-state index in [1.54, 1.807) is 11.6 Å². The highest BCUT2D eigenvalue weighted by molar-refractivity contribution is 6.04. The van der Waals surface area contributed by atoms with Crippen molar-refractivity contribution in [3.8, 4) is 0 Å². The Morgan fingerprint density at radius 3 is 2.60 bits per heavy atom. The van der Waals surface area contributed by atoms with Gasteiger partial charge in [0.2, 0.25) is 0 Å². The molecule has 0 saturated heterocycles. The van der Waals surface area contributed by atoms with Crippen molar-refractivity contribution in [1.82, 2.24) is 14.0 Å². The van der Waals surface area contributed by atoms with Gasteiger partial charge >= 0.3 is 5.69 Å². The van der Waals surface area contributed by atoms with Crippen molar-refractivity contribution >= 4 is 11.6 Å². The quantitative estimate of drug-likeness (QED) is 0.903. The summed E-state index contributed by atoms with van der Waals surface area (Å²) < 4.78 is 3.21. The predicted molar refractivity (Wildman–Crippen MR) is 99.3 cm³/mol. The highest BCUT2D eigenvalue weighted by Gasteiger charge is 2.25. The Hall–Kier alpha value is -2.34. The van der Waals surface area contributed by atoms with Gasteiger partial charge in [0.05, 0.1) is 5.69 Å². The third-order valence-electron chi connectivity index (χ3n) is 4.77. The van der Waals surface area contributed by atoms with E-state index >= 15 is 0 Å². The first-order valence-corrected chi connectivity index (χ1v) is 8.81. The Kier molecular flexibility index (Phi) is 5.08. The summed E-state index contributed by atoms with van der Waals surface area (Å²) in [5.41, 5.74) is 3.24. The van der Waals surface area contributed by atoms with Gasteiger partial charge in [-0.05, 0) is 57.5 Å². The van der Waals surface area contributed by atoms with Gasteiger partial charge in [0.15, 0.2) is 0 Å². The molecule has 0 spiro atoms. The van der Waals surface area contributed by atoms with Gasteiger partial charge in [-0.2, -0.15) is 0 Å². The summed E-state index contributed by atoms with van der Waals surface area (Å²) in [4.78, 5) is 27.2. The first-order valence-electron chi connectivity index (χ1n) is 8.81. The maximum Gasteiger partial charge on any atom is 0.328 e. The zero-order valence-corrected chi connectivity index (χ0v) is 15.2. The first kappa shape index (κ1) is 17.5. The Morgan fingerprint density at radius 1 is 1.20 bits per heavy atom. The fourth-order valence-electron chi connectivity index (χ4n) is 3.34. The number of carbonyl (C=O) groups is 1. The van der Waals surface area contributed by atoms with Crippen LogP contribution in [0.2, 0.25) is 0 Å². The van der Waals surface area contributed by atoms with Crippen LogP contribution in [0.25, 0.3) is 0 Å². The number of nitrogens with zero attached hydrogens (tertiary/aromatic N) is 3. The molecule has 0 radical (unpaired) electrons. The van der Waals surface area contributed by atoms with E-state index in [0.717, 1.165) is 43.6 Å². The third kappa shape index (κ3) is 3.69. The van der Waals surface area contributed by atoms with E-state index in [-0.39, 0.29) is 11.6 Å². The van der Waals surface area contributed by atoms with E-state index in [4.69, 9.17) is 0 Å². The molecular weight excluding hydrogens is 316 g/mol. The molecule has 0 unspecified atom stereocenters. The Labute approximate surface area is 148 Å². The second-order valence-corrected chi connectivity index (χ2v) is 6.95. The van der Waals surface area contributed by atoms with E-state index in [2.05, 4.69) is 24.3 Å². The average Bonchev–Trinajstić information content (AvgIpc) is 2.86. The van der Waals surface area contributed by atoms with Crippen molar-refractivity contribution in [3.05, 3.63) is 51.7 Å². The minimum Gasteiger partial charge on any atom is -0.321 e. The van der Waals surface area contributed by atoms with Crippen LogP contribution in [0.1, 0.15) is 34.6 Å². The van der Waals surface area contributed by atoms with Crippen molar-refractivity contribution in [2.75, 3.05) is 26.0 Å². The molecule has 0 fully saturated rings. The van der Waals surface area contributed by atoms with Crippen molar-refractivity contribution in [3.63, 3.8) is 0 Å². The van der Waals surface area contributed by atoms with E-state index in [1.807, 2.05) is 24.3 Å². The predicted octanol–water partition coefficient (Wildman–Crippen LogP) is 1.88. The fourth-order valence-corrected chi connectivity index (χ4v) is 3.34. The minimum atomic E-state index is -0.212. The van der Waals surface area contributed by atoms with Gasteiger partial charge in [-0.25, -0.2) is 4.79 Å². The zero-order chi connectivity index (χ0) is 18.0. The number of fused-ring (bicyclic) bond motifs is 1. The number of rotatable bonds is 5. The summed E-state index contributed by atoms with van der Waals surface area (Å²) in [7, 11) is 5.78. The van der Waals surface area contributed by atoms with E-state index in [0.29, 0.717) is 12.2 Å². The molecule has 2 aromatic rings. The number of hydrogen-bond donors (Lipinski definition) is 1. The fraction of sp³-hybridized carbons (Fsp3) is 0.474. The van der Waals surface area contributed by atoms with Gasteiger partial charge < -0.3 is 10.2 Å². The monoisotopic (exact) mass is 342 g/mol. The van der Waals surface area contributed by atoms with Gasteiger partial charge in [0.25, 0.3) is 5.91 Å². The van der Waals surface area contributed by atoms with Crippen LogP contribution in [0.15, 0.2) is 29.1 Å². The van der Waals surface area contributed by atoms with Gasteiger partial charge in [-0.15, -0.1) is 0 Å². The second-order valence-electron chi connectivity index (χ2n) is 6.95. The Bertz CT molecular complexity index is 815. The number of amides is 1. The van der Waals surface area contributed by atoms with Crippen molar-refractivity contribution in [2.24, 2.45) is 7.05 Å². The van der Waals surface area contributed by atoms with Gasteiger partial charge in [-0.1, -0.05) is 12.1 Å². The van der Waals surface area contributed by atoms with Crippen molar-refractivity contribution in [2.45, 2.75) is 32.2 Å². The van der Waals surface area contributed by atoms with Crippen molar-refractivity contribution in [1.29, 1.82) is 0 Å². The molecule has 0 bridgehead atoms. The molecule has 2 heterocycles. The normalized spacial score (nSPS) is 13.8. The molecule has 3 rings (SSSR count). The van der Waals surface area contributed by atoms with E-state index in [9.17, 15) is 9.59 Å². The summed E-state index contributed by atoms with van der Waals surface area (Å²) in [5.74, 6) is -0.212. The molecule has 1 aliphatic heterocycles. The SMILES string of the molecule is CN(C)CCc1ccc(NC(=O)c2c3n(c(=O)n2C)CCCC3)cc1. The molecule has 0 saturated carbocycles. The van der Waals surface area contributed by atoms with Gasteiger partial charge in [-0.3, -0.25) is 13.9 Å². The second kappa shape index (κ2) is 7.27. The average molecular weight is 342 g/mol. The number of aromatic nitrogens is 2. The minimum absolute atomic E-state index is 0.0983. The van der Waals surface area contributed by atoms with E-state index in [1.165, 1.54) is 10.1 Å². The molecule has 6 nitrogen and oxygen atoms in total. The number of nitrogens with one attached hydrogen (secondary N) is 1. The largest absolute Gasteiger partial charge is 0.328 e.